The van der Waals surface area contributed by atoms with E-state index >= 15 is 8.78 Å². The number of fused-ring (bicyclic) bond motifs is 4. The normalized spacial score (nSPS) is 17.8. The van der Waals surface area contributed by atoms with Crippen molar-refractivity contribution in [2.75, 3.05) is 5.32 Å². The summed E-state index contributed by atoms with van der Waals surface area (Å²) in [5.41, 5.74) is -2.09. The third kappa shape index (κ3) is 7.68. The van der Waals surface area contributed by atoms with Crippen molar-refractivity contribution < 1.29 is 46.1 Å². The van der Waals surface area contributed by atoms with Gasteiger partial charge in [-0.1, -0.05) is 23.6 Å². The molecule has 2 amide bonds. The second kappa shape index (κ2) is 14.5. The summed E-state index contributed by atoms with van der Waals surface area (Å²) < 4.78 is 89.9. The number of aryl methyl sites for hydroxylation is 1. The maximum absolute atomic E-state index is 15.4. The van der Waals surface area contributed by atoms with Gasteiger partial charge in [0.05, 0.1) is 27.7 Å². The van der Waals surface area contributed by atoms with Gasteiger partial charge < -0.3 is 20.8 Å². The number of aliphatic hydroxyl groups excluding tert-OH is 1. The largest absolute Gasteiger partial charge is 0.384 e. The Morgan fingerprint density at radius 1 is 1.07 bits per heavy atom. The molecule has 1 saturated carbocycles. The third-order valence-electron chi connectivity index (χ3n) is 9.76. The van der Waals surface area contributed by atoms with Gasteiger partial charge in [0.1, 0.15) is 47.0 Å². The van der Waals surface area contributed by atoms with Gasteiger partial charge >= 0.3 is 0 Å². The molecule has 7 rings (SSSR count). The molecule has 1 unspecified atom stereocenters. The number of hydrogen-bond donors (Lipinski definition) is 4. The van der Waals surface area contributed by atoms with Gasteiger partial charge in [-0.05, 0) is 81.3 Å². The Kier molecular flexibility index (Phi) is 10.1. The van der Waals surface area contributed by atoms with Crippen molar-refractivity contribution in [3.05, 3.63) is 93.0 Å². The van der Waals surface area contributed by atoms with E-state index < -0.39 is 83.3 Å². The number of carbonyl (C=O) groups is 2. The van der Waals surface area contributed by atoms with Crippen molar-refractivity contribution in [2.45, 2.75) is 76.2 Å². The van der Waals surface area contributed by atoms with Crippen LogP contribution in [-0.2, 0) is 35.5 Å². The molecule has 2 aliphatic rings. The summed E-state index contributed by atoms with van der Waals surface area (Å²) in [7, 11) is 1.56. The van der Waals surface area contributed by atoms with Gasteiger partial charge in [0.2, 0.25) is 5.91 Å². The molecule has 4 atom stereocenters. The molecule has 0 radical (unpaired) electrons. The number of halogens is 7. The quantitative estimate of drug-likeness (QED) is 0.0937. The molecule has 3 heterocycles. The summed E-state index contributed by atoms with van der Waals surface area (Å²) in [4.78, 5) is 31.1. The minimum atomic E-state index is -3.50. The Morgan fingerprint density at radius 3 is 2.40 bits per heavy atom. The Labute approximate surface area is 326 Å². The fourth-order valence-electron chi connectivity index (χ4n) is 7.29. The highest BCUT2D eigenvalue weighted by atomic mass is 35.5. The Balaban J connectivity index is 1.38. The number of alkyl halides is 4. The van der Waals surface area contributed by atoms with Crippen LogP contribution in [0.2, 0.25) is 5.02 Å². The fraction of sp³-hybridized carbons (Fsp3) is 0.359. The van der Waals surface area contributed by atoms with E-state index in [9.17, 15) is 37.4 Å². The molecule has 3 aromatic heterocycles. The number of benzene rings is 2. The first-order valence-corrected chi connectivity index (χ1v) is 18.0. The molecule has 0 saturated heterocycles. The van der Waals surface area contributed by atoms with Crippen LogP contribution in [0.3, 0.4) is 0 Å². The van der Waals surface area contributed by atoms with Crippen molar-refractivity contribution in [1.29, 1.82) is 0 Å². The van der Waals surface area contributed by atoms with Gasteiger partial charge in [0, 0.05) is 35.7 Å². The number of nitrogens with zero attached hydrogens (tertiary/aromatic N) is 5. The van der Waals surface area contributed by atoms with Crippen LogP contribution in [0.15, 0.2) is 42.5 Å². The molecule has 0 aliphatic heterocycles. The Morgan fingerprint density at radius 2 is 1.75 bits per heavy atom. The zero-order valence-corrected chi connectivity index (χ0v) is 31.4. The summed E-state index contributed by atoms with van der Waals surface area (Å²) in [6.45, 7) is 3.23. The maximum atomic E-state index is 15.4. The molecular formula is C39H34ClF6N7O4. The first-order valence-electron chi connectivity index (χ1n) is 17.7. The Bertz CT molecular complexity index is 2500. The lowest BCUT2D eigenvalue weighted by Crippen LogP contribution is -2.35. The second-order valence-corrected chi connectivity index (χ2v) is 15.1. The van der Waals surface area contributed by atoms with E-state index in [1.807, 2.05) is 0 Å². The van der Waals surface area contributed by atoms with Crippen molar-refractivity contribution in [2.24, 2.45) is 13.0 Å². The van der Waals surface area contributed by atoms with Crippen LogP contribution in [0.4, 0.5) is 32.2 Å². The summed E-state index contributed by atoms with van der Waals surface area (Å²) in [6, 6.07) is 7.59. The highest BCUT2D eigenvalue weighted by Gasteiger charge is 2.67. The van der Waals surface area contributed by atoms with E-state index in [0.29, 0.717) is 21.8 Å². The Hall–Kier alpha value is -5.44. The number of nitrogens with one attached hydrogen (secondary N) is 2. The molecule has 2 aliphatic carbocycles. The monoisotopic (exact) mass is 813 g/mol. The lowest BCUT2D eigenvalue weighted by atomic mass is 9.93. The van der Waals surface area contributed by atoms with E-state index in [2.05, 4.69) is 32.7 Å². The standard InChI is InChI=1S/C39H34ClF6N7O4/c1-17(54)37(56)49-36-30-26(40)8-7-23(33(30)52(4)51-36)22-6-5-21(9-10-38(2,3)57)47-31(22)27(13-18-11-19(41)14-20(42)12-18)48-28(55)16-53-34-29(32(50-53)35(43)44)24-15-25(24)39(34,45)46/h5-8,11-12,14,17,24-25,27,35,54,57H,13,15-16H2,1-4H3,(H,48,55)(H,49,51,56)/t17-,24-,25+,27?/m0/s1. The molecule has 57 heavy (non-hydrogen) atoms. The molecule has 0 bridgehead atoms. The topological polar surface area (TPSA) is 147 Å². The van der Waals surface area contributed by atoms with Crippen molar-refractivity contribution in [3.63, 3.8) is 0 Å². The van der Waals surface area contributed by atoms with Crippen LogP contribution < -0.4 is 10.6 Å². The van der Waals surface area contributed by atoms with E-state index in [1.165, 1.54) is 37.6 Å². The molecule has 0 spiro atoms. The number of hydrogen-bond acceptors (Lipinski definition) is 7. The first-order chi connectivity index (χ1) is 26.7. The highest BCUT2D eigenvalue weighted by Crippen LogP contribution is 2.68. The molecule has 18 heteroatoms. The fourth-order valence-corrected chi connectivity index (χ4v) is 7.53. The zero-order valence-electron chi connectivity index (χ0n) is 30.6. The summed E-state index contributed by atoms with van der Waals surface area (Å²) in [6.07, 6.45) is -4.87. The zero-order chi connectivity index (χ0) is 41.3. The van der Waals surface area contributed by atoms with E-state index in [0.717, 1.165) is 12.1 Å². The van der Waals surface area contributed by atoms with Crippen LogP contribution in [-0.4, -0.2) is 58.3 Å². The van der Waals surface area contributed by atoms with Crippen LogP contribution in [0.1, 0.15) is 79.5 Å². The van der Waals surface area contributed by atoms with E-state index in [4.69, 9.17) is 16.6 Å². The number of rotatable bonds is 10. The van der Waals surface area contributed by atoms with Gasteiger partial charge in [-0.3, -0.25) is 19.0 Å². The van der Waals surface area contributed by atoms with Crippen LogP contribution in [0, 0.1) is 29.4 Å². The maximum Gasteiger partial charge on any atom is 0.293 e. The number of amides is 2. The SMILES string of the molecule is C[C@H](O)C(=O)Nc1nn(C)c2c(-c3ccc(C#CC(C)(C)O)nc3C(Cc3cc(F)cc(F)c3)NC(=O)Cn3nc(C(F)F)c4c3C(F)(F)[C@@H]3C[C@H]43)ccc(Cl)c12. The smallest absolute Gasteiger partial charge is 0.293 e. The number of aromatic nitrogens is 5. The predicted octanol–water partition coefficient (Wildman–Crippen LogP) is 6.45. The molecule has 5 aromatic rings. The van der Waals surface area contributed by atoms with Gasteiger partial charge in [0.25, 0.3) is 18.3 Å². The second-order valence-electron chi connectivity index (χ2n) is 14.7. The molecular weight excluding hydrogens is 780 g/mol. The number of aliphatic hydroxyl groups is 2. The molecule has 1 fully saturated rings. The van der Waals surface area contributed by atoms with Crippen molar-refractivity contribution in [1.82, 2.24) is 29.9 Å². The highest BCUT2D eigenvalue weighted by molar-refractivity contribution is 6.37. The molecule has 4 N–H and O–H groups in total. The first kappa shape index (κ1) is 39.8. The van der Waals surface area contributed by atoms with Crippen molar-refractivity contribution in [3.8, 4) is 23.0 Å². The molecule has 11 nitrogen and oxygen atoms in total. The van der Waals surface area contributed by atoms with Gasteiger partial charge in [-0.25, -0.2) is 22.5 Å². The average molecular weight is 814 g/mol. The van der Waals surface area contributed by atoms with Gasteiger partial charge in [-0.15, -0.1) is 0 Å². The summed E-state index contributed by atoms with van der Waals surface area (Å²) in [5.74, 6) is -3.64. The summed E-state index contributed by atoms with van der Waals surface area (Å²) >= 11 is 6.62. The third-order valence-corrected chi connectivity index (χ3v) is 10.1. The van der Waals surface area contributed by atoms with Crippen LogP contribution >= 0.6 is 11.6 Å². The van der Waals surface area contributed by atoms with Crippen molar-refractivity contribution >= 4 is 40.1 Å². The van der Waals surface area contributed by atoms with Gasteiger partial charge in [-0.2, -0.15) is 19.0 Å². The molecule has 2 aromatic carbocycles. The van der Waals surface area contributed by atoms with Crippen LogP contribution in [0.25, 0.3) is 22.0 Å². The van der Waals surface area contributed by atoms with Gasteiger partial charge in [0.15, 0.2) is 5.82 Å². The molecule has 298 valence electrons. The number of carbonyl (C=O) groups excluding carboxylic acids is 2. The lowest BCUT2D eigenvalue weighted by Gasteiger charge is -2.23. The minimum Gasteiger partial charge on any atom is -0.384 e. The van der Waals surface area contributed by atoms with E-state index in [1.54, 1.807) is 19.2 Å². The number of anilines is 1. The number of pyridine rings is 1. The van der Waals surface area contributed by atoms with E-state index in [-0.39, 0.29) is 57.1 Å². The predicted molar refractivity (Wildman–Crippen MR) is 195 cm³/mol. The summed E-state index contributed by atoms with van der Waals surface area (Å²) in [5, 5.41) is 34.0. The van der Waals surface area contributed by atoms with Crippen LogP contribution in [0.5, 0.6) is 0 Å². The minimum absolute atomic E-state index is 0.0110. The lowest BCUT2D eigenvalue weighted by molar-refractivity contribution is -0.123. The average Bonchev–Trinajstić information content (AvgIpc) is 3.65.